The van der Waals surface area contributed by atoms with Crippen LogP contribution in [0, 0.1) is 6.92 Å². The van der Waals surface area contributed by atoms with Crippen molar-refractivity contribution in [3.8, 4) is 0 Å². The molecule has 0 fully saturated rings. The van der Waals surface area contributed by atoms with Crippen molar-refractivity contribution in [3.63, 3.8) is 0 Å². The van der Waals surface area contributed by atoms with E-state index in [0.29, 0.717) is 0 Å². The summed E-state index contributed by atoms with van der Waals surface area (Å²) in [6.45, 7) is 2.55. The molecule has 0 aromatic heterocycles. The second kappa shape index (κ2) is 11.9. The highest BCUT2D eigenvalue weighted by atomic mass is 32.2. The molecule has 11 nitrogen and oxygen atoms in total. The van der Waals surface area contributed by atoms with Gasteiger partial charge in [0.1, 0.15) is 0 Å². The summed E-state index contributed by atoms with van der Waals surface area (Å²) in [6.07, 6.45) is 2.09. The molecule has 12 heteroatoms. The molecule has 170 valence electrons. The van der Waals surface area contributed by atoms with Gasteiger partial charge in [-0.1, -0.05) is 17.7 Å². The highest BCUT2D eigenvalue weighted by Gasteiger charge is 2.23. The molecule has 0 bridgehead atoms. The molecule has 1 heterocycles. The minimum atomic E-state index is -4.02. The zero-order chi connectivity index (χ0) is 23.6. The normalized spacial score (nSPS) is 13.3. The van der Waals surface area contributed by atoms with Crippen LogP contribution in [-0.2, 0) is 29.3 Å². The summed E-state index contributed by atoms with van der Waals surface area (Å²) in [5.41, 5.74) is 0.956. The lowest BCUT2D eigenvalue weighted by Crippen LogP contribution is -2.39. The Morgan fingerprint density at radius 1 is 0.903 bits per heavy atom. The van der Waals surface area contributed by atoms with Gasteiger partial charge in [-0.3, -0.25) is 28.6 Å². The lowest BCUT2D eigenvalue weighted by Gasteiger charge is -2.23. The van der Waals surface area contributed by atoms with E-state index in [2.05, 4.69) is 0 Å². The monoisotopic (exact) mass is 456 g/mol. The Bertz CT molecular complexity index is 904. The lowest BCUT2D eigenvalue weighted by molar-refractivity contribution is -0.140. The van der Waals surface area contributed by atoms with E-state index in [0.717, 1.165) is 10.5 Å². The highest BCUT2D eigenvalue weighted by Crippen LogP contribution is 2.08. The third kappa shape index (κ3) is 9.98. The molecule has 3 N–H and O–H groups in total. The summed E-state index contributed by atoms with van der Waals surface area (Å²) in [5, 5.41) is 17.3. The SMILES string of the molecule is Cc1ccc(S(=O)(=O)O)cc1.O=C(O)CCN(CCC(=O)O)CCN1C(=O)C=CC1=O. The van der Waals surface area contributed by atoms with E-state index in [4.69, 9.17) is 14.8 Å². The van der Waals surface area contributed by atoms with Gasteiger partial charge < -0.3 is 15.1 Å². The number of rotatable bonds is 10. The van der Waals surface area contributed by atoms with Crippen LogP contribution in [0.2, 0.25) is 0 Å². The standard InChI is InChI=1S/C12H16N2O6.C7H8O3S/c15-9-1-2-10(16)14(9)8-7-13(5-3-11(17)18)6-4-12(19)20;1-6-2-4-7(5-3-6)11(8,9)10/h1-2H,3-8H2,(H,17,18)(H,19,20);2-5H,1H3,(H,8,9,10). The second-order valence-electron chi connectivity index (χ2n) is 6.58. The molecule has 1 aromatic rings. The molecular weight excluding hydrogens is 432 g/mol. The predicted molar refractivity (Wildman–Crippen MR) is 108 cm³/mol. The number of carboxylic acid groups (broad SMARTS) is 2. The first kappa shape index (κ1) is 25.9. The van der Waals surface area contributed by atoms with Gasteiger partial charge in [-0.2, -0.15) is 8.42 Å². The van der Waals surface area contributed by atoms with Crippen LogP contribution in [0.5, 0.6) is 0 Å². The van der Waals surface area contributed by atoms with Crippen LogP contribution in [0.1, 0.15) is 18.4 Å². The van der Waals surface area contributed by atoms with Crippen molar-refractivity contribution in [1.82, 2.24) is 9.80 Å². The number of carbonyl (C=O) groups is 4. The maximum atomic E-state index is 11.3. The van der Waals surface area contributed by atoms with Crippen molar-refractivity contribution in [2.45, 2.75) is 24.7 Å². The quantitative estimate of drug-likeness (QED) is 0.331. The summed E-state index contributed by atoms with van der Waals surface area (Å²) < 4.78 is 29.6. The zero-order valence-electron chi connectivity index (χ0n) is 16.8. The van der Waals surface area contributed by atoms with Gasteiger partial charge in [0.2, 0.25) is 0 Å². The Morgan fingerprint density at radius 2 is 1.35 bits per heavy atom. The van der Waals surface area contributed by atoms with Gasteiger partial charge in [0.25, 0.3) is 21.9 Å². The van der Waals surface area contributed by atoms with E-state index in [-0.39, 0.29) is 43.9 Å². The van der Waals surface area contributed by atoms with Crippen LogP contribution in [0.3, 0.4) is 0 Å². The maximum absolute atomic E-state index is 11.3. The topological polar surface area (TPSA) is 170 Å². The molecule has 1 aromatic carbocycles. The maximum Gasteiger partial charge on any atom is 0.304 e. The van der Waals surface area contributed by atoms with E-state index in [9.17, 15) is 27.6 Å². The summed E-state index contributed by atoms with van der Waals surface area (Å²) in [7, 11) is -4.02. The average Bonchev–Trinajstić information content (AvgIpc) is 2.99. The van der Waals surface area contributed by atoms with Gasteiger partial charge in [-0.15, -0.1) is 0 Å². The Hall–Kier alpha value is -3.09. The number of nitrogens with zero attached hydrogens (tertiary/aromatic N) is 2. The smallest absolute Gasteiger partial charge is 0.304 e. The Morgan fingerprint density at radius 3 is 1.74 bits per heavy atom. The molecule has 31 heavy (non-hydrogen) atoms. The number of aliphatic carboxylic acids is 2. The van der Waals surface area contributed by atoms with Crippen molar-refractivity contribution in [2.24, 2.45) is 0 Å². The Balaban J connectivity index is 0.000000367. The molecule has 2 rings (SSSR count). The molecule has 1 aliphatic heterocycles. The van der Waals surface area contributed by atoms with E-state index in [1.54, 1.807) is 17.0 Å². The minimum Gasteiger partial charge on any atom is -0.481 e. The Kier molecular flexibility index (Phi) is 9.99. The van der Waals surface area contributed by atoms with E-state index in [1.807, 2.05) is 6.92 Å². The largest absolute Gasteiger partial charge is 0.481 e. The molecule has 0 unspecified atom stereocenters. The number of benzene rings is 1. The van der Waals surface area contributed by atoms with Gasteiger partial charge in [-0.25, -0.2) is 0 Å². The molecule has 0 radical (unpaired) electrons. The summed E-state index contributed by atoms with van der Waals surface area (Å²) in [4.78, 5) is 46.3. The molecule has 0 atom stereocenters. The van der Waals surface area contributed by atoms with Crippen molar-refractivity contribution in [2.75, 3.05) is 26.2 Å². The van der Waals surface area contributed by atoms with Crippen LogP contribution in [0.4, 0.5) is 0 Å². The van der Waals surface area contributed by atoms with Crippen LogP contribution in [0.15, 0.2) is 41.3 Å². The second-order valence-corrected chi connectivity index (χ2v) is 8.00. The zero-order valence-corrected chi connectivity index (χ0v) is 17.6. The van der Waals surface area contributed by atoms with Crippen LogP contribution < -0.4 is 0 Å². The number of carbonyl (C=O) groups excluding carboxylic acids is 2. The van der Waals surface area contributed by atoms with E-state index in [1.165, 1.54) is 24.3 Å². The van der Waals surface area contributed by atoms with Crippen LogP contribution in [-0.4, -0.2) is 82.9 Å². The molecular formula is C19H24N2O9S. The summed E-state index contributed by atoms with van der Waals surface area (Å²) in [6, 6.07) is 5.99. The summed E-state index contributed by atoms with van der Waals surface area (Å²) in [5.74, 6) is -2.79. The third-order valence-electron chi connectivity index (χ3n) is 4.14. The minimum absolute atomic E-state index is 0.0666. The number of amides is 2. The molecule has 0 saturated carbocycles. The van der Waals surface area contributed by atoms with Crippen molar-refractivity contribution >= 4 is 33.9 Å². The van der Waals surface area contributed by atoms with Gasteiger partial charge in [0, 0.05) is 38.3 Å². The molecule has 0 spiro atoms. The van der Waals surface area contributed by atoms with Crippen molar-refractivity contribution in [3.05, 3.63) is 42.0 Å². The Labute approximate surface area is 179 Å². The predicted octanol–water partition coefficient (Wildman–Crippen LogP) is 0.405. The van der Waals surface area contributed by atoms with Crippen LogP contribution in [0.25, 0.3) is 0 Å². The lowest BCUT2D eigenvalue weighted by atomic mass is 10.2. The van der Waals surface area contributed by atoms with E-state index >= 15 is 0 Å². The third-order valence-corrected chi connectivity index (χ3v) is 5.01. The van der Waals surface area contributed by atoms with Gasteiger partial charge >= 0.3 is 11.9 Å². The van der Waals surface area contributed by atoms with Crippen LogP contribution >= 0.6 is 0 Å². The average molecular weight is 456 g/mol. The first-order chi connectivity index (χ1) is 14.4. The fraction of sp³-hybridized carbons (Fsp3) is 0.368. The van der Waals surface area contributed by atoms with Gasteiger partial charge in [-0.05, 0) is 19.1 Å². The summed E-state index contributed by atoms with van der Waals surface area (Å²) >= 11 is 0. The number of aryl methyl sites for hydroxylation is 1. The van der Waals surface area contributed by atoms with Gasteiger partial charge in [0.05, 0.1) is 17.7 Å². The molecule has 0 saturated heterocycles. The fourth-order valence-corrected chi connectivity index (χ4v) is 2.93. The first-order valence-electron chi connectivity index (χ1n) is 9.14. The molecule has 2 amide bonds. The highest BCUT2D eigenvalue weighted by molar-refractivity contribution is 7.85. The van der Waals surface area contributed by atoms with Crippen molar-refractivity contribution < 1.29 is 42.4 Å². The number of hydrogen-bond donors (Lipinski definition) is 3. The number of carboxylic acids is 2. The van der Waals surface area contributed by atoms with Gasteiger partial charge in [0.15, 0.2) is 0 Å². The first-order valence-corrected chi connectivity index (χ1v) is 10.6. The molecule has 0 aliphatic carbocycles. The fourth-order valence-electron chi connectivity index (χ4n) is 2.45. The van der Waals surface area contributed by atoms with E-state index < -0.39 is 33.9 Å². The van der Waals surface area contributed by atoms with Crippen molar-refractivity contribution in [1.29, 1.82) is 0 Å². The molecule has 1 aliphatic rings. The number of imide groups is 1. The number of hydrogen-bond acceptors (Lipinski definition) is 7.